The molecule has 1 aromatic heterocycles. The van der Waals surface area contributed by atoms with Gasteiger partial charge in [-0.3, -0.25) is 0 Å². The zero-order chi connectivity index (χ0) is 8.81. The topological polar surface area (TPSA) is 22.1 Å². The Bertz CT molecular complexity index is 241. The fraction of sp³-hybridized carbons (Fsp3) is 0.300. The van der Waals surface area contributed by atoms with Crippen molar-refractivity contribution in [2.75, 3.05) is 6.61 Å². The molecular formula is C10H13NO. The van der Waals surface area contributed by atoms with E-state index in [1.54, 1.807) is 0 Å². The van der Waals surface area contributed by atoms with Crippen LogP contribution in [-0.2, 0) is 6.42 Å². The molecule has 0 atom stereocenters. The predicted molar refractivity (Wildman–Crippen MR) is 49.3 cm³/mol. The van der Waals surface area contributed by atoms with Crippen LogP contribution in [0.4, 0.5) is 0 Å². The fourth-order valence-electron chi connectivity index (χ4n) is 0.932. The molecule has 0 radical (unpaired) electrons. The van der Waals surface area contributed by atoms with E-state index in [1.165, 1.54) is 0 Å². The van der Waals surface area contributed by atoms with Gasteiger partial charge in [-0.2, -0.15) is 0 Å². The van der Waals surface area contributed by atoms with Gasteiger partial charge < -0.3 is 4.74 Å². The van der Waals surface area contributed by atoms with Gasteiger partial charge in [-0.15, -0.1) is 6.58 Å². The molecule has 0 N–H and O–H groups in total. The Morgan fingerprint density at radius 3 is 2.92 bits per heavy atom. The minimum atomic E-state index is 0.661. The highest BCUT2D eigenvalue weighted by atomic mass is 16.5. The van der Waals surface area contributed by atoms with Crippen molar-refractivity contribution in [3.63, 3.8) is 0 Å². The predicted octanol–water partition coefficient (Wildman–Crippen LogP) is 2.21. The molecule has 0 spiro atoms. The number of ether oxygens (including phenoxy) is 1. The molecule has 0 saturated heterocycles. The van der Waals surface area contributed by atoms with Crippen LogP contribution in [0.2, 0.25) is 0 Å². The van der Waals surface area contributed by atoms with E-state index in [2.05, 4.69) is 11.6 Å². The normalized spacial score (nSPS) is 9.42. The maximum atomic E-state index is 5.20. The minimum Gasteiger partial charge on any atom is -0.478 e. The Hall–Kier alpha value is -1.31. The molecule has 0 amide bonds. The molecule has 0 aliphatic rings. The summed E-state index contributed by atoms with van der Waals surface area (Å²) < 4.78 is 5.20. The first-order valence-corrected chi connectivity index (χ1v) is 4.05. The Balaban J connectivity index is 2.64. The summed E-state index contributed by atoms with van der Waals surface area (Å²) in [6, 6.07) is 3.88. The van der Waals surface area contributed by atoms with Crippen LogP contribution in [0.5, 0.6) is 5.88 Å². The van der Waals surface area contributed by atoms with Crippen molar-refractivity contribution in [2.24, 2.45) is 0 Å². The zero-order valence-electron chi connectivity index (χ0n) is 7.29. The van der Waals surface area contributed by atoms with E-state index in [9.17, 15) is 0 Å². The lowest BCUT2D eigenvalue weighted by Gasteiger charge is -2.01. The van der Waals surface area contributed by atoms with Gasteiger partial charge in [-0.25, -0.2) is 4.98 Å². The van der Waals surface area contributed by atoms with E-state index >= 15 is 0 Å². The highest BCUT2D eigenvalue weighted by Gasteiger charge is 1.93. The lowest BCUT2D eigenvalue weighted by Crippen LogP contribution is -1.94. The van der Waals surface area contributed by atoms with Crippen molar-refractivity contribution in [3.8, 4) is 5.88 Å². The number of hydrogen-bond acceptors (Lipinski definition) is 2. The Morgan fingerprint density at radius 1 is 1.58 bits per heavy atom. The second-order valence-corrected chi connectivity index (χ2v) is 2.43. The van der Waals surface area contributed by atoms with Gasteiger partial charge >= 0.3 is 0 Å². The number of aromatic nitrogens is 1. The Kier molecular flexibility index (Phi) is 3.33. The van der Waals surface area contributed by atoms with E-state index in [0.717, 1.165) is 12.0 Å². The third kappa shape index (κ3) is 2.38. The summed E-state index contributed by atoms with van der Waals surface area (Å²) in [6.45, 7) is 6.26. The summed E-state index contributed by atoms with van der Waals surface area (Å²) >= 11 is 0. The summed E-state index contributed by atoms with van der Waals surface area (Å²) in [6.07, 6.45) is 4.53. The van der Waals surface area contributed by atoms with Crippen LogP contribution in [0.25, 0.3) is 0 Å². The van der Waals surface area contributed by atoms with Crippen molar-refractivity contribution < 1.29 is 4.74 Å². The van der Waals surface area contributed by atoms with Crippen molar-refractivity contribution in [2.45, 2.75) is 13.3 Å². The molecule has 0 aliphatic carbocycles. The van der Waals surface area contributed by atoms with Gasteiger partial charge in [-0.1, -0.05) is 12.1 Å². The average Bonchev–Trinajstić information content (AvgIpc) is 2.09. The molecule has 0 aliphatic heterocycles. The molecule has 0 saturated carbocycles. The number of rotatable bonds is 4. The van der Waals surface area contributed by atoms with Crippen molar-refractivity contribution in [3.05, 3.63) is 36.5 Å². The van der Waals surface area contributed by atoms with Crippen LogP contribution in [0.1, 0.15) is 12.5 Å². The smallest absolute Gasteiger partial charge is 0.213 e. The fourth-order valence-corrected chi connectivity index (χ4v) is 0.932. The van der Waals surface area contributed by atoms with Gasteiger partial charge in [0.25, 0.3) is 0 Å². The summed E-state index contributed by atoms with van der Waals surface area (Å²) in [5.41, 5.74) is 1.16. The molecule has 1 rings (SSSR count). The highest BCUT2D eigenvalue weighted by molar-refractivity contribution is 5.19. The Labute approximate surface area is 72.9 Å². The lowest BCUT2D eigenvalue weighted by atomic mass is 10.2. The standard InChI is InChI=1S/C10H13NO/c1-3-5-9-6-7-10(11-8-9)12-4-2/h3,6-8H,1,4-5H2,2H3. The number of allylic oxidation sites excluding steroid dienone is 1. The molecule has 1 heterocycles. The molecule has 64 valence electrons. The van der Waals surface area contributed by atoms with Gasteiger partial charge in [0.15, 0.2) is 0 Å². The minimum absolute atomic E-state index is 0.661. The molecule has 0 unspecified atom stereocenters. The van der Waals surface area contributed by atoms with E-state index in [-0.39, 0.29) is 0 Å². The van der Waals surface area contributed by atoms with Crippen LogP contribution in [0, 0.1) is 0 Å². The van der Waals surface area contributed by atoms with Gasteiger partial charge in [0.1, 0.15) is 0 Å². The quantitative estimate of drug-likeness (QED) is 0.635. The first kappa shape index (κ1) is 8.78. The van der Waals surface area contributed by atoms with Crippen molar-refractivity contribution >= 4 is 0 Å². The Morgan fingerprint density at radius 2 is 2.42 bits per heavy atom. The first-order chi connectivity index (χ1) is 5.86. The zero-order valence-corrected chi connectivity index (χ0v) is 7.29. The van der Waals surface area contributed by atoms with Crippen LogP contribution < -0.4 is 4.74 Å². The van der Waals surface area contributed by atoms with Gasteiger partial charge in [-0.05, 0) is 18.9 Å². The molecule has 0 fully saturated rings. The van der Waals surface area contributed by atoms with Crippen molar-refractivity contribution in [1.82, 2.24) is 4.98 Å². The van der Waals surface area contributed by atoms with E-state index in [0.29, 0.717) is 12.5 Å². The van der Waals surface area contributed by atoms with Crippen LogP contribution in [0.15, 0.2) is 31.0 Å². The molecule has 0 aromatic carbocycles. The molecule has 2 heteroatoms. The first-order valence-electron chi connectivity index (χ1n) is 4.05. The molecule has 1 aromatic rings. The summed E-state index contributed by atoms with van der Waals surface area (Å²) in [5, 5.41) is 0. The molecule has 0 bridgehead atoms. The van der Waals surface area contributed by atoms with Crippen LogP contribution >= 0.6 is 0 Å². The number of pyridine rings is 1. The van der Waals surface area contributed by atoms with Crippen LogP contribution in [-0.4, -0.2) is 11.6 Å². The average molecular weight is 163 g/mol. The van der Waals surface area contributed by atoms with Crippen LogP contribution in [0.3, 0.4) is 0 Å². The lowest BCUT2D eigenvalue weighted by molar-refractivity contribution is 0.326. The molecule has 2 nitrogen and oxygen atoms in total. The second kappa shape index (κ2) is 4.54. The van der Waals surface area contributed by atoms with Gasteiger partial charge in [0, 0.05) is 12.3 Å². The second-order valence-electron chi connectivity index (χ2n) is 2.43. The van der Waals surface area contributed by atoms with E-state index in [1.807, 2.05) is 31.3 Å². The molecule has 12 heavy (non-hydrogen) atoms. The van der Waals surface area contributed by atoms with Gasteiger partial charge in [0.05, 0.1) is 6.61 Å². The van der Waals surface area contributed by atoms with E-state index in [4.69, 9.17) is 4.74 Å². The third-order valence-electron chi connectivity index (χ3n) is 1.47. The molecular weight excluding hydrogens is 150 g/mol. The summed E-state index contributed by atoms with van der Waals surface area (Å²) in [5.74, 6) is 0.685. The summed E-state index contributed by atoms with van der Waals surface area (Å²) in [7, 11) is 0. The number of nitrogens with zero attached hydrogens (tertiary/aromatic N) is 1. The van der Waals surface area contributed by atoms with Crippen molar-refractivity contribution in [1.29, 1.82) is 0 Å². The number of hydrogen-bond donors (Lipinski definition) is 0. The highest BCUT2D eigenvalue weighted by Crippen LogP contribution is 2.07. The monoisotopic (exact) mass is 163 g/mol. The maximum Gasteiger partial charge on any atom is 0.213 e. The largest absolute Gasteiger partial charge is 0.478 e. The maximum absolute atomic E-state index is 5.20. The SMILES string of the molecule is C=CCc1ccc(OCC)nc1. The van der Waals surface area contributed by atoms with E-state index < -0.39 is 0 Å². The summed E-state index contributed by atoms with van der Waals surface area (Å²) in [4.78, 5) is 4.12. The third-order valence-corrected chi connectivity index (χ3v) is 1.47. The van der Waals surface area contributed by atoms with Gasteiger partial charge in [0.2, 0.25) is 5.88 Å².